The maximum atomic E-state index is 5.89. The van der Waals surface area contributed by atoms with Crippen LogP contribution >= 0.6 is 0 Å². The van der Waals surface area contributed by atoms with Gasteiger partial charge in [0.1, 0.15) is 0 Å². The van der Waals surface area contributed by atoms with Crippen LogP contribution in [0.1, 0.15) is 24.9 Å². The second-order valence-corrected chi connectivity index (χ2v) is 5.33. The molecule has 3 unspecified atom stereocenters. The Kier molecular flexibility index (Phi) is 3.49. The standard InChI is InChI=1S/C16H20N2O/c1-11-7-8-19-16(11)15(17-2)13-9-12-5-3-4-6-14(12)18-10-13/h3-6,9-11,15-17H,7-8H2,1-2H3. The Hall–Kier alpha value is -1.45. The molecule has 0 bridgehead atoms. The number of hydrogen-bond donors (Lipinski definition) is 1. The zero-order valence-electron chi connectivity index (χ0n) is 11.5. The lowest BCUT2D eigenvalue weighted by molar-refractivity contribution is 0.0631. The molecule has 0 saturated carbocycles. The number of hydrogen-bond acceptors (Lipinski definition) is 3. The molecule has 1 N–H and O–H groups in total. The van der Waals surface area contributed by atoms with Crippen molar-refractivity contribution in [2.45, 2.75) is 25.5 Å². The van der Waals surface area contributed by atoms with Gasteiger partial charge in [0.2, 0.25) is 0 Å². The smallest absolute Gasteiger partial charge is 0.0796 e. The van der Waals surface area contributed by atoms with E-state index in [4.69, 9.17) is 4.74 Å². The molecule has 100 valence electrons. The van der Waals surface area contributed by atoms with Crippen LogP contribution in [-0.2, 0) is 4.74 Å². The quantitative estimate of drug-likeness (QED) is 0.917. The second-order valence-electron chi connectivity index (χ2n) is 5.33. The molecule has 3 rings (SSSR count). The van der Waals surface area contributed by atoms with Gasteiger partial charge in [0.15, 0.2) is 0 Å². The molecule has 1 aliphatic rings. The fourth-order valence-corrected chi connectivity index (χ4v) is 2.92. The van der Waals surface area contributed by atoms with E-state index in [-0.39, 0.29) is 12.1 Å². The minimum atomic E-state index is 0.217. The molecule has 3 heteroatoms. The van der Waals surface area contributed by atoms with Crippen molar-refractivity contribution in [3.05, 3.63) is 42.1 Å². The van der Waals surface area contributed by atoms with E-state index >= 15 is 0 Å². The molecule has 0 amide bonds. The van der Waals surface area contributed by atoms with E-state index in [0.29, 0.717) is 5.92 Å². The largest absolute Gasteiger partial charge is 0.376 e. The Morgan fingerprint density at radius 3 is 2.95 bits per heavy atom. The van der Waals surface area contributed by atoms with Gasteiger partial charge in [0, 0.05) is 18.2 Å². The lowest BCUT2D eigenvalue weighted by atomic mass is 9.93. The average Bonchev–Trinajstić information content (AvgIpc) is 2.86. The van der Waals surface area contributed by atoms with E-state index in [1.165, 1.54) is 10.9 Å². The number of benzene rings is 1. The van der Waals surface area contributed by atoms with Gasteiger partial charge in [0.05, 0.1) is 17.7 Å². The SMILES string of the molecule is CNC(c1cnc2ccccc2c1)C1OCCC1C. The number of fused-ring (bicyclic) bond motifs is 1. The molecule has 2 heterocycles. The number of rotatable bonds is 3. The van der Waals surface area contributed by atoms with Gasteiger partial charge in [0.25, 0.3) is 0 Å². The fraction of sp³-hybridized carbons (Fsp3) is 0.438. The number of likely N-dealkylation sites (N-methyl/N-ethyl adjacent to an activating group) is 1. The number of pyridine rings is 1. The van der Waals surface area contributed by atoms with Gasteiger partial charge in [-0.1, -0.05) is 25.1 Å². The van der Waals surface area contributed by atoms with Gasteiger partial charge in [-0.2, -0.15) is 0 Å². The average molecular weight is 256 g/mol. The van der Waals surface area contributed by atoms with E-state index in [1.54, 1.807) is 0 Å². The van der Waals surface area contributed by atoms with Crippen LogP contribution in [0, 0.1) is 5.92 Å². The van der Waals surface area contributed by atoms with E-state index in [2.05, 4.69) is 35.4 Å². The number of nitrogens with zero attached hydrogens (tertiary/aromatic N) is 1. The summed E-state index contributed by atoms with van der Waals surface area (Å²) < 4.78 is 5.89. The third-order valence-electron chi connectivity index (χ3n) is 4.05. The van der Waals surface area contributed by atoms with Crippen LogP contribution in [0.3, 0.4) is 0 Å². The first-order chi connectivity index (χ1) is 9.29. The minimum absolute atomic E-state index is 0.217. The highest BCUT2D eigenvalue weighted by molar-refractivity contribution is 5.78. The van der Waals surface area contributed by atoms with Crippen LogP contribution < -0.4 is 5.32 Å². The van der Waals surface area contributed by atoms with Gasteiger partial charge in [-0.25, -0.2) is 0 Å². The molecule has 1 aliphatic heterocycles. The summed E-state index contributed by atoms with van der Waals surface area (Å²) in [5.41, 5.74) is 2.25. The first-order valence-corrected chi connectivity index (χ1v) is 6.93. The van der Waals surface area contributed by atoms with Crippen molar-refractivity contribution in [1.29, 1.82) is 0 Å². The summed E-state index contributed by atoms with van der Waals surface area (Å²) in [5.74, 6) is 0.587. The van der Waals surface area contributed by atoms with Crippen molar-refractivity contribution in [2.75, 3.05) is 13.7 Å². The third-order valence-corrected chi connectivity index (χ3v) is 4.05. The number of ether oxygens (including phenoxy) is 1. The number of aromatic nitrogens is 1. The topological polar surface area (TPSA) is 34.2 Å². The first-order valence-electron chi connectivity index (χ1n) is 6.93. The van der Waals surface area contributed by atoms with Crippen molar-refractivity contribution in [2.24, 2.45) is 5.92 Å². The van der Waals surface area contributed by atoms with Crippen LogP contribution in [0.2, 0.25) is 0 Å². The Labute approximate surface area is 114 Å². The predicted octanol–water partition coefficient (Wildman–Crippen LogP) is 2.92. The van der Waals surface area contributed by atoms with E-state index in [9.17, 15) is 0 Å². The summed E-state index contributed by atoms with van der Waals surface area (Å²) in [4.78, 5) is 4.55. The highest BCUT2D eigenvalue weighted by atomic mass is 16.5. The number of para-hydroxylation sites is 1. The highest BCUT2D eigenvalue weighted by Crippen LogP contribution is 2.31. The second kappa shape index (κ2) is 5.27. The van der Waals surface area contributed by atoms with E-state index < -0.39 is 0 Å². The molecule has 3 nitrogen and oxygen atoms in total. The van der Waals surface area contributed by atoms with Gasteiger partial charge in [-0.15, -0.1) is 0 Å². The zero-order valence-corrected chi connectivity index (χ0v) is 11.5. The molecular weight excluding hydrogens is 236 g/mol. The molecule has 19 heavy (non-hydrogen) atoms. The minimum Gasteiger partial charge on any atom is -0.376 e. The van der Waals surface area contributed by atoms with Gasteiger partial charge in [-0.3, -0.25) is 4.98 Å². The maximum Gasteiger partial charge on any atom is 0.0796 e. The monoisotopic (exact) mass is 256 g/mol. The highest BCUT2D eigenvalue weighted by Gasteiger charge is 2.32. The molecule has 2 aromatic rings. The molecule has 1 fully saturated rings. The van der Waals surface area contributed by atoms with Crippen LogP contribution in [0.25, 0.3) is 10.9 Å². The van der Waals surface area contributed by atoms with Gasteiger partial charge in [-0.05, 0) is 37.1 Å². The summed E-state index contributed by atoms with van der Waals surface area (Å²) in [5, 5.41) is 4.58. The summed E-state index contributed by atoms with van der Waals surface area (Å²) in [6, 6.07) is 10.7. The van der Waals surface area contributed by atoms with Crippen LogP contribution in [0.4, 0.5) is 0 Å². The van der Waals surface area contributed by atoms with E-state index in [0.717, 1.165) is 18.5 Å². The third kappa shape index (κ3) is 2.36. The van der Waals surface area contributed by atoms with Crippen LogP contribution in [-0.4, -0.2) is 24.7 Å². The zero-order chi connectivity index (χ0) is 13.2. The van der Waals surface area contributed by atoms with E-state index in [1.807, 2.05) is 25.4 Å². The lowest BCUT2D eigenvalue weighted by Gasteiger charge is -2.26. The summed E-state index contributed by atoms with van der Waals surface area (Å²) in [7, 11) is 1.99. The maximum absolute atomic E-state index is 5.89. The lowest BCUT2D eigenvalue weighted by Crippen LogP contribution is -2.32. The molecule has 0 spiro atoms. The van der Waals surface area contributed by atoms with Crippen LogP contribution in [0.15, 0.2) is 36.5 Å². The number of nitrogens with one attached hydrogen (secondary N) is 1. The van der Waals surface area contributed by atoms with Gasteiger partial charge < -0.3 is 10.1 Å². The van der Waals surface area contributed by atoms with Crippen LogP contribution in [0.5, 0.6) is 0 Å². The van der Waals surface area contributed by atoms with Gasteiger partial charge >= 0.3 is 0 Å². The van der Waals surface area contributed by atoms with Crippen molar-refractivity contribution in [3.63, 3.8) is 0 Å². The Balaban J connectivity index is 1.96. The van der Waals surface area contributed by atoms with Crippen molar-refractivity contribution < 1.29 is 4.74 Å². The Bertz CT molecular complexity index is 569. The molecule has 0 aliphatic carbocycles. The molecule has 0 radical (unpaired) electrons. The van der Waals surface area contributed by atoms with Crippen molar-refractivity contribution in [3.8, 4) is 0 Å². The molecule has 1 aromatic heterocycles. The molecule has 1 saturated heterocycles. The summed E-state index contributed by atoms with van der Waals surface area (Å²) >= 11 is 0. The Morgan fingerprint density at radius 1 is 1.37 bits per heavy atom. The summed E-state index contributed by atoms with van der Waals surface area (Å²) in [6.45, 7) is 3.13. The molecule has 1 aromatic carbocycles. The molecule has 3 atom stereocenters. The Morgan fingerprint density at radius 2 is 2.21 bits per heavy atom. The predicted molar refractivity (Wildman–Crippen MR) is 77.1 cm³/mol. The molecular formula is C16H20N2O. The summed E-state index contributed by atoms with van der Waals surface area (Å²) in [6.07, 6.45) is 3.36. The van der Waals surface area contributed by atoms with Crippen molar-refractivity contribution >= 4 is 10.9 Å². The van der Waals surface area contributed by atoms with Crippen molar-refractivity contribution in [1.82, 2.24) is 10.3 Å². The normalized spacial score (nSPS) is 24.7. The fourth-order valence-electron chi connectivity index (χ4n) is 2.92. The first kappa shape index (κ1) is 12.6.